The van der Waals surface area contributed by atoms with Gasteiger partial charge in [-0.05, 0) is 44.6 Å². The summed E-state index contributed by atoms with van der Waals surface area (Å²) in [4.78, 5) is 37.7. The first-order chi connectivity index (χ1) is 16.5. The molecule has 10 heteroatoms. The fourth-order valence-corrected chi connectivity index (χ4v) is 4.13. The number of methoxy groups -OCH3 is 1. The van der Waals surface area contributed by atoms with E-state index in [2.05, 4.69) is 37.9 Å². The molecule has 2 bridgehead atoms. The van der Waals surface area contributed by atoms with Crippen molar-refractivity contribution in [2.45, 2.75) is 25.8 Å². The van der Waals surface area contributed by atoms with Crippen molar-refractivity contribution in [2.24, 2.45) is 0 Å². The zero-order chi connectivity index (χ0) is 24.1. The Balaban J connectivity index is 1.66. The van der Waals surface area contributed by atoms with E-state index in [1.807, 2.05) is 25.2 Å². The molecule has 0 unspecified atom stereocenters. The number of amides is 2. The Morgan fingerprint density at radius 1 is 1.06 bits per heavy atom. The maximum absolute atomic E-state index is 12.7. The predicted molar refractivity (Wildman–Crippen MR) is 132 cm³/mol. The quantitative estimate of drug-likeness (QED) is 0.589. The van der Waals surface area contributed by atoms with Crippen LogP contribution in [0.25, 0.3) is 5.57 Å². The van der Waals surface area contributed by atoms with Crippen LogP contribution in [0, 0.1) is 0 Å². The third-order valence-electron chi connectivity index (χ3n) is 6.04. The number of likely N-dealkylation sites (N-methyl/N-ethyl adjacent to an activating group) is 1. The highest BCUT2D eigenvalue weighted by molar-refractivity contribution is 6.32. The van der Waals surface area contributed by atoms with E-state index in [-0.39, 0.29) is 11.8 Å². The van der Waals surface area contributed by atoms with Gasteiger partial charge >= 0.3 is 0 Å². The van der Waals surface area contributed by atoms with Crippen LogP contribution in [-0.2, 0) is 16.1 Å². The van der Waals surface area contributed by atoms with Crippen LogP contribution in [0.1, 0.15) is 30.4 Å². The molecule has 4 rings (SSSR count). The lowest BCUT2D eigenvalue weighted by molar-refractivity contribution is -0.129. The summed E-state index contributed by atoms with van der Waals surface area (Å²) in [6, 6.07) is 5.85. The average Bonchev–Trinajstić information content (AvgIpc) is 3.15. The summed E-state index contributed by atoms with van der Waals surface area (Å²) in [6.45, 7) is 2.61. The van der Waals surface area contributed by atoms with E-state index in [0.29, 0.717) is 48.8 Å². The molecule has 0 radical (unpaired) electrons. The average molecular weight is 466 g/mol. The molecule has 2 aliphatic rings. The number of fused-ring (bicyclic) bond motifs is 2. The van der Waals surface area contributed by atoms with Crippen LogP contribution in [0.4, 0.5) is 17.3 Å². The van der Waals surface area contributed by atoms with Gasteiger partial charge in [-0.1, -0.05) is 0 Å². The lowest BCUT2D eigenvalue weighted by Crippen LogP contribution is -2.31. The van der Waals surface area contributed by atoms with Crippen molar-refractivity contribution in [1.29, 1.82) is 0 Å². The zero-order valence-corrected chi connectivity index (χ0v) is 19.9. The minimum Gasteiger partial charge on any atom is -0.496 e. The highest BCUT2D eigenvalue weighted by Crippen LogP contribution is 2.34. The van der Waals surface area contributed by atoms with E-state index in [0.717, 1.165) is 36.4 Å². The van der Waals surface area contributed by atoms with Crippen LogP contribution >= 0.6 is 0 Å². The maximum atomic E-state index is 12.7. The monoisotopic (exact) mass is 465 g/mol. The molecule has 10 nitrogen and oxygen atoms in total. The van der Waals surface area contributed by atoms with E-state index in [1.54, 1.807) is 18.2 Å². The highest BCUT2D eigenvalue weighted by atomic mass is 16.5. The highest BCUT2D eigenvalue weighted by Gasteiger charge is 2.29. The van der Waals surface area contributed by atoms with E-state index >= 15 is 0 Å². The Hall–Kier alpha value is -3.66. The lowest BCUT2D eigenvalue weighted by Gasteiger charge is -2.20. The van der Waals surface area contributed by atoms with E-state index in [9.17, 15) is 9.59 Å². The van der Waals surface area contributed by atoms with Gasteiger partial charge in [-0.3, -0.25) is 9.59 Å². The van der Waals surface area contributed by atoms with Gasteiger partial charge in [-0.2, -0.15) is 0 Å². The Kier molecular flexibility index (Phi) is 7.27. The second kappa shape index (κ2) is 10.5. The summed E-state index contributed by atoms with van der Waals surface area (Å²) in [5.41, 5.74) is 2.92. The van der Waals surface area contributed by atoms with Crippen molar-refractivity contribution in [3.8, 4) is 5.75 Å². The Morgan fingerprint density at radius 2 is 1.88 bits per heavy atom. The zero-order valence-electron chi connectivity index (χ0n) is 19.9. The number of nitrogens with one attached hydrogen (secondary N) is 3. The van der Waals surface area contributed by atoms with Crippen molar-refractivity contribution < 1.29 is 14.3 Å². The Bertz CT molecular complexity index is 1100. The fourth-order valence-electron chi connectivity index (χ4n) is 4.13. The van der Waals surface area contributed by atoms with Gasteiger partial charge < -0.3 is 30.5 Å². The van der Waals surface area contributed by atoms with Gasteiger partial charge in [0.2, 0.25) is 5.91 Å². The number of rotatable bonds is 1. The van der Waals surface area contributed by atoms with Gasteiger partial charge in [0.15, 0.2) is 0 Å². The standard InChI is InChI=1S/C24H31N7O3/c1-30-10-5-4-6-20(32)31(2)11-9-25-22-21-18(24(33)29-23(21)28-15-27-22)13-26-17-7-8-19(34-3)16(12-17)14-30/h7-8,12-13,15,26H,4-6,9-11,14H2,1-3H3,(H2,25,27,28,29,33)/b18-13-. The molecule has 2 aliphatic heterocycles. The van der Waals surface area contributed by atoms with Crippen molar-refractivity contribution in [1.82, 2.24) is 19.8 Å². The molecule has 180 valence electrons. The number of anilines is 3. The molecule has 2 amide bonds. The molecule has 0 saturated carbocycles. The van der Waals surface area contributed by atoms with Crippen molar-refractivity contribution in [2.75, 3.05) is 56.8 Å². The van der Waals surface area contributed by atoms with Crippen molar-refractivity contribution in [3.05, 3.63) is 41.9 Å². The first-order valence-corrected chi connectivity index (χ1v) is 11.4. The van der Waals surface area contributed by atoms with Crippen LogP contribution in [0.3, 0.4) is 0 Å². The van der Waals surface area contributed by atoms with Gasteiger partial charge in [0, 0.05) is 50.6 Å². The van der Waals surface area contributed by atoms with Gasteiger partial charge in [-0.15, -0.1) is 0 Å². The van der Waals surface area contributed by atoms with Crippen molar-refractivity contribution in [3.63, 3.8) is 0 Å². The van der Waals surface area contributed by atoms with Crippen LogP contribution in [0.15, 0.2) is 30.7 Å². The molecule has 0 fully saturated rings. The lowest BCUT2D eigenvalue weighted by atomic mass is 10.1. The Morgan fingerprint density at radius 3 is 2.71 bits per heavy atom. The minimum absolute atomic E-state index is 0.117. The summed E-state index contributed by atoms with van der Waals surface area (Å²) in [6.07, 6.45) is 5.37. The van der Waals surface area contributed by atoms with Gasteiger partial charge in [0.1, 0.15) is 23.7 Å². The molecule has 0 aliphatic carbocycles. The third kappa shape index (κ3) is 5.28. The van der Waals surface area contributed by atoms with E-state index < -0.39 is 0 Å². The van der Waals surface area contributed by atoms with Gasteiger partial charge in [-0.25, -0.2) is 9.97 Å². The number of carbonyl (C=O) groups excluding carboxylic acids is 2. The molecular formula is C24H31N7O3. The summed E-state index contributed by atoms with van der Waals surface area (Å²) in [5, 5.41) is 9.30. The molecule has 34 heavy (non-hydrogen) atoms. The van der Waals surface area contributed by atoms with Crippen LogP contribution in [0.2, 0.25) is 0 Å². The molecule has 0 atom stereocenters. The first-order valence-electron chi connectivity index (χ1n) is 11.4. The van der Waals surface area contributed by atoms with Gasteiger partial charge in [0.05, 0.1) is 18.2 Å². The summed E-state index contributed by atoms with van der Waals surface area (Å²) in [7, 11) is 5.53. The number of nitrogens with zero attached hydrogens (tertiary/aromatic N) is 4. The van der Waals surface area contributed by atoms with E-state index in [4.69, 9.17) is 4.74 Å². The second-order valence-corrected chi connectivity index (χ2v) is 8.57. The molecule has 2 aromatic rings. The largest absolute Gasteiger partial charge is 0.496 e. The molecular weight excluding hydrogens is 434 g/mol. The number of carbonyl (C=O) groups is 2. The molecule has 1 aromatic carbocycles. The number of hydrogen-bond donors (Lipinski definition) is 3. The molecule has 1 aromatic heterocycles. The second-order valence-electron chi connectivity index (χ2n) is 8.57. The Labute approximate surface area is 199 Å². The number of hydrogen-bond acceptors (Lipinski definition) is 8. The molecule has 3 heterocycles. The van der Waals surface area contributed by atoms with E-state index in [1.165, 1.54) is 6.33 Å². The number of ether oxygens (including phenoxy) is 1. The van der Waals surface area contributed by atoms with Crippen molar-refractivity contribution >= 4 is 34.7 Å². The minimum atomic E-state index is -0.252. The molecule has 0 saturated heterocycles. The fraction of sp³-hybridized carbons (Fsp3) is 0.417. The smallest absolute Gasteiger partial charge is 0.259 e. The normalized spacial score (nSPS) is 19.4. The summed E-state index contributed by atoms with van der Waals surface area (Å²) >= 11 is 0. The third-order valence-corrected chi connectivity index (χ3v) is 6.04. The summed E-state index contributed by atoms with van der Waals surface area (Å²) < 4.78 is 5.55. The SMILES string of the molecule is COc1ccc2cc1CN(C)CCCCC(=O)N(C)CCNc1ncnc3c1/C(=C/N2)C(=O)N3. The van der Waals surface area contributed by atoms with Crippen LogP contribution < -0.4 is 20.7 Å². The topological polar surface area (TPSA) is 112 Å². The first kappa shape index (κ1) is 23.5. The number of benzene rings is 1. The maximum Gasteiger partial charge on any atom is 0.259 e. The number of aromatic nitrogens is 2. The van der Waals surface area contributed by atoms with Gasteiger partial charge in [0.25, 0.3) is 5.91 Å². The van der Waals surface area contributed by atoms with Crippen LogP contribution in [0.5, 0.6) is 5.75 Å². The predicted octanol–water partition coefficient (Wildman–Crippen LogP) is 2.38. The summed E-state index contributed by atoms with van der Waals surface area (Å²) in [5.74, 6) is 1.68. The van der Waals surface area contributed by atoms with Crippen LogP contribution in [-0.4, -0.2) is 72.4 Å². The molecule has 3 N–H and O–H groups in total. The molecule has 0 spiro atoms.